The minimum Gasteiger partial charge on any atom is -0.371 e. The highest BCUT2D eigenvalue weighted by Gasteiger charge is 2.34. The van der Waals surface area contributed by atoms with Gasteiger partial charge in [0.05, 0.1) is 11.4 Å². The molecule has 110 valence electrons. The van der Waals surface area contributed by atoms with Crippen LogP contribution in [0.4, 0.5) is 11.4 Å². The van der Waals surface area contributed by atoms with Crippen LogP contribution in [-0.4, -0.2) is 32.7 Å². The van der Waals surface area contributed by atoms with Gasteiger partial charge in [-0.05, 0) is 43.4 Å². The average Bonchev–Trinajstić information content (AvgIpc) is 2.48. The van der Waals surface area contributed by atoms with Crippen LogP contribution in [0.25, 0.3) is 0 Å². The van der Waals surface area contributed by atoms with Gasteiger partial charge in [-0.3, -0.25) is 0 Å². The second-order valence-corrected chi connectivity index (χ2v) is 6.59. The SMILES string of the molecule is CC1CCC(CN)C(N2CCN(C)c3ccccc32)C1. The molecule has 1 heterocycles. The maximum absolute atomic E-state index is 6.06. The summed E-state index contributed by atoms with van der Waals surface area (Å²) in [4.78, 5) is 5.01. The molecule has 1 aliphatic carbocycles. The van der Waals surface area contributed by atoms with Gasteiger partial charge in [0.15, 0.2) is 0 Å². The summed E-state index contributed by atoms with van der Waals surface area (Å²) in [5.74, 6) is 1.48. The Morgan fingerprint density at radius 1 is 1.15 bits per heavy atom. The monoisotopic (exact) mass is 273 g/mol. The Morgan fingerprint density at radius 3 is 2.65 bits per heavy atom. The van der Waals surface area contributed by atoms with Gasteiger partial charge >= 0.3 is 0 Å². The van der Waals surface area contributed by atoms with Crippen LogP contribution < -0.4 is 15.5 Å². The summed E-state index contributed by atoms with van der Waals surface area (Å²) >= 11 is 0. The Bertz CT molecular complexity index is 459. The summed E-state index contributed by atoms with van der Waals surface area (Å²) in [5, 5.41) is 0. The Morgan fingerprint density at radius 2 is 1.90 bits per heavy atom. The van der Waals surface area contributed by atoms with Crippen LogP contribution in [0.3, 0.4) is 0 Å². The maximum atomic E-state index is 6.06. The second kappa shape index (κ2) is 5.65. The summed E-state index contributed by atoms with van der Waals surface area (Å²) < 4.78 is 0. The first kappa shape index (κ1) is 13.7. The first-order chi connectivity index (χ1) is 9.70. The molecule has 0 aromatic heterocycles. The van der Waals surface area contributed by atoms with E-state index < -0.39 is 0 Å². The van der Waals surface area contributed by atoms with E-state index in [4.69, 9.17) is 5.73 Å². The smallest absolute Gasteiger partial charge is 0.0607 e. The number of likely N-dealkylation sites (N-methyl/N-ethyl adjacent to an activating group) is 1. The highest BCUT2D eigenvalue weighted by atomic mass is 15.3. The average molecular weight is 273 g/mol. The Labute approximate surface area is 122 Å². The van der Waals surface area contributed by atoms with E-state index in [-0.39, 0.29) is 0 Å². The van der Waals surface area contributed by atoms with Gasteiger partial charge in [0, 0.05) is 26.2 Å². The zero-order valence-corrected chi connectivity index (χ0v) is 12.8. The largest absolute Gasteiger partial charge is 0.371 e. The first-order valence-electron chi connectivity index (χ1n) is 7.97. The zero-order chi connectivity index (χ0) is 14.1. The third-order valence-electron chi connectivity index (χ3n) is 5.20. The lowest BCUT2D eigenvalue weighted by Crippen LogP contribution is -2.51. The van der Waals surface area contributed by atoms with E-state index in [2.05, 4.69) is 48.0 Å². The van der Waals surface area contributed by atoms with Crippen LogP contribution >= 0.6 is 0 Å². The standard InChI is InChI=1S/C17H27N3/c1-13-7-8-14(12-18)17(11-13)20-10-9-19(2)15-5-3-4-6-16(15)20/h3-6,13-14,17H,7-12,18H2,1-2H3. The summed E-state index contributed by atoms with van der Waals surface area (Å²) in [7, 11) is 2.19. The van der Waals surface area contributed by atoms with Crippen LogP contribution in [0.2, 0.25) is 0 Å². The van der Waals surface area contributed by atoms with Crippen LogP contribution in [0.15, 0.2) is 24.3 Å². The first-order valence-corrected chi connectivity index (χ1v) is 7.97. The van der Waals surface area contributed by atoms with Crippen molar-refractivity contribution < 1.29 is 0 Å². The van der Waals surface area contributed by atoms with Crippen molar-refractivity contribution >= 4 is 11.4 Å². The van der Waals surface area contributed by atoms with Crippen molar-refractivity contribution in [3.8, 4) is 0 Å². The van der Waals surface area contributed by atoms with Crippen molar-refractivity contribution in [2.45, 2.75) is 32.2 Å². The molecule has 2 N–H and O–H groups in total. The number of hydrogen-bond acceptors (Lipinski definition) is 3. The molecule has 1 saturated carbocycles. The van der Waals surface area contributed by atoms with E-state index in [1.807, 2.05) is 0 Å². The van der Waals surface area contributed by atoms with Crippen LogP contribution in [0.1, 0.15) is 26.2 Å². The molecule has 0 radical (unpaired) electrons. The molecule has 20 heavy (non-hydrogen) atoms. The molecule has 3 nitrogen and oxygen atoms in total. The number of fused-ring (bicyclic) bond motifs is 1. The van der Waals surface area contributed by atoms with E-state index in [9.17, 15) is 0 Å². The fourth-order valence-corrected chi connectivity index (χ4v) is 3.94. The minimum absolute atomic E-state index is 0.624. The lowest BCUT2D eigenvalue weighted by Gasteiger charge is -2.47. The van der Waals surface area contributed by atoms with E-state index in [0.717, 1.165) is 25.6 Å². The predicted octanol–water partition coefficient (Wildman–Crippen LogP) is 2.71. The summed E-state index contributed by atoms with van der Waals surface area (Å²) in [5.41, 5.74) is 8.83. The normalized spacial score (nSPS) is 30.2. The highest BCUT2D eigenvalue weighted by molar-refractivity contribution is 5.73. The van der Waals surface area contributed by atoms with E-state index in [1.54, 1.807) is 0 Å². The van der Waals surface area contributed by atoms with Gasteiger partial charge in [-0.2, -0.15) is 0 Å². The number of anilines is 2. The summed E-state index contributed by atoms with van der Waals surface area (Å²) in [6.07, 6.45) is 3.92. The molecular weight excluding hydrogens is 246 g/mol. The lowest BCUT2D eigenvalue weighted by molar-refractivity contribution is 0.243. The third-order valence-corrected chi connectivity index (χ3v) is 5.20. The van der Waals surface area contributed by atoms with Gasteiger partial charge in [0.1, 0.15) is 0 Å². The number of hydrogen-bond donors (Lipinski definition) is 1. The van der Waals surface area contributed by atoms with Crippen molar-refractivity contribution in [2.24, 2.45) is 17.6 Å². The molecule has 0 bridgehead atoms. The molecular formula is C17H27N3. The predicted molar refractivity (Wildman–Crippen MR) is 86.4 cm³/mol. The third kappa shape index (κ3) is 2.39. The topological polar surface area (TPSA) is 32.5 Å². The van der Waals surface area contributed by atoms with Crippen molar-refractivity contribution in [1.29, 1.82) is 0 Å². The van der Waals surface area contributed by atoms with Gasteiger partial charge in [0.25, 0.3) is 0 Å². The lowest BCUT2D eigenvalue weighted by atomic mass is 9.78. The van der Waals surface area contributed by atoms with E-state index in [0.29, 0.717) is 12.0 Å². The van der Waals surface area contributed by atoms with Crippen molar-refractivity contribution in [1.82, 2.24) is 0 Å². The van der Waals surface area contributed by atoms with Crippen LogP contribution in [0.5, 0.6) is 0 Å². The van der Waals surface area contributed by atoms with Gasteiger partial charge in [-0.1, -0.05) is 25.5 Å². The Kier molecular flexibility index (Phi) is 3.88. The maximum Gasteiger partial charge on any atom is 0.0607 e. The molecule has 1 fully saturated rings. The van der Waals surface area contributed by atoms with E-state index in [1.165, 1.54) is 30.6 Å². The van der Waals surface area contributed by atoms with Gasteiger partial charge in [-0.15, -0.1) is 0 Å². The molecule has 3 atom stereocenters. The number of nitrogens with two attached hydrogens (primary N) is 1. The fourth-order valence-electron chi connectivity index (χ4n) is 3.94. The van der Waals surface area contributed by atoms with E-state index >= 15 is 0 Å². The van der Waals surface area contributed by atoms with Gasteiger partial charge < -0.3 is 15.5 Å². The Balaban J connectivity index is 1.91. The Hall–Kier alpha value is -1.22. The summed E-state index contributed by atoms with van der Waals surface area (Å²) in [6, 6.07) is 9.44. The van der Waals surface area contributed by atoms with Crippen LogP contribution in [-0.2, 0) is 0 Å². The molecule has 3 rings (SSSR count). The summed E-state index contributed by atoms with van der Waals surface area (Å²) in [6.45, 7) is 5.45. The number of rotatable bonds is 2. The van der Waals surface area contributed by atoms with Crippen molar-refractivity contribution in [3.63, 3.8) is 0 Å². The minimum atomic E-state index is 0.624. The molecule has 2 aliphatic rings. The second-order valence-electron chi connectivity index (χ2n) is 6.59. The highest BCUT2D eigenvalue weighted by Crippen LogP contribution is 2.39. The molecule has 1 aromatic carbocycles. The zero-order valence-electron chi connectivity index (χ0n) is 12.8. The molecule has 3 heteroatoms. The molecule has 0 saturated heterocycles. The number of para-hydroxylation sites is 2. The van der Waals surface area contributed by atoms with Crippen LogP contribution in [0, 0.1) is 11.8 Å². The van der Waals surface area contributed by atoms with Gasteiger partial charge in [0.2, 0.25) is 0 Å². The molecule has 1 aromatic rings. The molecule has 3 unspecified atom stereocenters. The number of nitrogens with zero attached hydrogens (tertiary/aromatic N) is 2. The molecule has 0 spiro atoms. The van der Waals surface area contributed by atoms with Crippen molar-refractivity contribution in [3.05, 3.63) is 24.3 Å². The van der Waals surface area contributed by atoms with Crippen molar-refractivity contribution in [2.75, 3.05) is 36.5 Å². The molecule has 1 aliphatic heterocycles. The number of benzene rings is 1. The quantitative estimate of drug-likeness (QED) is 0.899. The fraction of sp³-hybridized carbons (Fsp3) is 0.647. The molecule has 0 amide bonds. The van der Waals surface area contributed by atoms with Gasteiger partial charge in [-0.25, -0.2) is 0 Å².